The second-order valence-corrected chi connectivity index (χ2v) is 8.26. The van der Waals surface area contributed by atoms with Crippen LogP contribution < -0.4 is 16.7 Å². The molecule has 7 heteroatoms. The molecule has 1 saturated heterocycles. The predicted molar refractivity (Wildman–Crippen MR) is 113 cm³/mol. The number of aromatic amines is 1. The van der Waals surface area contributed by atoms with Gasteiger partial charge in [-0.05, 0) is 49.7 Å². The molecule has 1 atom stereocenters. The average Bonchev–Trinajstić information content (AvgIpc) is 2.75. The second-order valence-electron chi connectivity index (χ2n) is 8.26. The van der Waals surface area contributed by atoms with Gasteiger partial charge in [0, 0.05) is 19.3 Å². The quantitative estimate of drug-likeness (QED) is 0.805. The van der Waals surface area contributed by atoms with Crippen LogP contribution in [0.25, 0.3) is 0 Å². The van der Waals surface area contributed by atoms with E-state index in [0.717, 1.165) is 5.56 Å². The van der Waals surface area contributed by atoms with Gasteiger partial charge in [0.25, 0.3) is 0 Å². The number of ether oxygens (including phenoxy) is 1. The molecule has 2 aliphatic rings. The fraction of sp³-hybridized carbons (Fsp3) is 0.591. The van der Waals surface area contributed by atoms with E-state index in [1.54, 1.807) is 0 Å². The Morgan fingerprint density at radius 2 is 1.90 bits per heavy atom. The summed E-state index contributed by atoms with van der Waals surface area (Å²) in [6, 6.07) is 8.41. The van der Waals surface area contributed by atoms with E-state index in [1.165, 1.54) is 42.2 Å². The molecule has 1 aromatic heterocycles. The lowest BCUT2D eigenvalue weighted by molar-refractivity contribution is 0.0670. The molecule has 29 heavy (non-hydrogen) atoms. The zero-order valence-corrected chi connectivity index (χ0v) is 17.0. The maximum Gasteiger partial charge on any atom is 0.355 e. The standard InChI is InChI=1S/C22H30N4O3/c1-15(17-8-5-9-18(14-17)16-6-3-2-4-7-16)23-20-24-21(27)26(22(28)25-20)19-10-12-29-13-11-19/h5,8-9,14-16,19H,2-4,6-7,10-13H2,1H3,(H2,23,24,25,27,28)/t15-/m0/s1. The summed E-state index contributed by atoms with van der Waals surface area (Å²) in [7, 11) is 0. The number of benzene rings is 1. The summed E-state index contributed by atoms with van der Waals surface area (Å²) in [4.78, 5) is 31.8. The molecule has 1 aromatic carbocycles. The number of aromatic nitrogens is 3. The molecule has 1 aliphatic heterocycles. The molecule has 1 saturated carbocycles. The Morgan fingerprint density at radius 1 is 1.14 bits per heavy atom. The van der Waals surface area contributed by atoms with E-state index < -0.39 is 11.4 Å². The second kappa shape index (κ2) is 8.95. The Balaban J connectivity index is 1.50. The van der Waals surface area contributed by atoms with Gasteiger partial charge in [0.1, 0.15) is 0 Å². The first-order valence-corrected chi connectivity index (χ1v) is 10.8. The minimum absolute atomic E-state index is 0.0694. The molecule has 0 radical (unpaired) electrons. The molecule has 2 fully saturated rings. The van der Waals surface area contributed by atoms with Crippen molar-refractivity contribution in [1.82, 2.24) is 14.5 Å². The molecule has 156 valence electrons. The van der Waals surface area contributed by atoms with Gasteiger partial charge in [0.05, 0.1) is 6.04 Å². The monoisotopic (exact) mass is 398 g/mol. The highest BCUT2D eigenvalue weighted by Crippen LogP contribution is 2.33. The van der Waals surface area contributed by atoms with E-state index in [4.69, 9.17) is 4.74 Å². The summed E-state index contributed by atoms with van der Waals surface area (Å²) in [6.45, 7) is 3.14. The first kappa shape index (κ1) is 19.9. The molecule has 2 N–H and O–H groups in total. The molecule has 7 nitrogen and oxygen atoms in total. The highest BCUT2D eigenvalue weighted by molar-refractivity contribution is 5.34. The average molecular weight is 399 g/mol. The van der Waals surface area contributed by atoms with Crippen molar-refractivity contribution in [2.45, 2.75) is 69.9 Å². The van der Waals surface area contributed by atoms with Gasteiger partial charge in [0.15, 0.2) is 0 Å². The Hall–Kier alpha value is -2.41. The van der Waals surface area contributed by atoms with E-state index in [9.17, 15) is 9.59 Å². The number of hydrogen-bond acceptors (Lipinski definition) is 5. The maximum absolute atomic E-state index is 12.5. The van der Waals surface area contributed by atoms with E-state index in [-0.39, 0.29) is 18.0 Å². The summed E-state index contributed by atoms with van der Waals surface area (Å²) < 4.78 is 6.54. The van der Waals surface area contributed by atoms with E-state index in [0.29, 0.717) is 32.0 Å². The summed E-state index contributed by atoms with van der Waals surface area (Å²) in [5, 5.41) is 3.20. The van der Waals surface area contributed by atoms with Crippen molar-refractivity contribution in [3.05, 3.63) is 56.4 Å². The molecule has 1 aliphatic carbocycles. The van der Waals surface area contributed by atoms with Gasteiger partial charge in [0.2, 0.25) is 5.95 Å². The first-order chi connectivity index (χ1) is 14.1. The Bertz CT molecular complexity index is 908. The molecular weight excluding hydrogens is 368 g/mol. The topological polar surface area (TPSA) is 89.0 Å². The van der Waals surface area contributed by atoms with Crippen molar-refractivity contribution >= 4 is 5.95 Å². The van der Waals surface area contributed by atoms with Crippen molar-refractivity contribution in [2.24, 2.45) is 0 Å². The number of nitrogens with one attached hydrogen (secondary N) is 2. The fourth-order valence-corrected chi connectivity index (χ4v) is 4.57. The molecule has 0 bridgehead atoms. The normalized spacial score (nSPS) is 19.8. The SMILES string of the molecule is C[C@H](Nc1nc(=O)n(C2CCOCC2)c(=O)[nH]1)c1cccc(C2CCCCC2)c1. The molecule has 0 unspecified atom stereocenters. The summed E-state index contributed by atoms with van der Waals surface area (Å²) >= 11 is 0. The number of anilines is 1. The van der Waals surface area contributed by atoms with E-state index in [2.05, 4.69) is 39.6 Å². The molecule has 0 amide bonds. The van der Waals surface area contributed by atoms with Crippen LogP contribution in [-0.2, 0) is 4.74 Å². The highest BCUT2D eigenvalue weighted by Gasteiger charge is 2.21. The number of H-pyrrole nitrogens is 1. The van der Waals surface area contributed by atoms with Crippen LogP contribution in [0.1, 0.15) is 81.0 Å². The molecule has 2 aromatic rings. The van der Waals surface area contributed by atoms with Crippen LogP contribution in [0.15, 0.2) is 33.9 Å². The van der Waals surface area contributed by atoms with Gasteiger partial charge in [-0.2, -0.15) is 4.98 Å². The van der Waals surface area contributed by atoms with Gasteiger partial charge in [-0.3, -0.25) is 4.98 Å². The highest BCUT2D eigenvalue weighted by atomic mass is 16.5. The van der Waals surface area contributed by atoms with Gasteiger partial charge >= 0.3 is 11.4 Å². The van der Waals surface area contributed by atoms with Crippen LogP contribution >= 0.6 is 0 Å². The Kier molecular flexibility index (Phi) is 6.13. The minimum Gasteiger partial charge on any atom is -0.381 e. The van der Waals surface area contributed by atoms with Crippen molar-refractivity contribution in [3.8, 4) is 0 Å². The molecule has 2 heterocycles. The summed E-state index contributed by atoms with van der Waals surface area (Å²) in [5.41, 5.74) is 1.59. The lowest BCUT2D eigenvalue weighted by Gasteiger charge is -2.24. The third kappa shape index (κ3) is 4.61. The molecule has 0 spiro atoms. The fourth-order valence-electron chi connectivity index (χ4n) is 4.57. The van der Waals surface area contributed by atoms with Crippen LogP contribution in [0.2, 0.25) is 0 Å². The van der Waals surface area contributed by atoms with Crippen LogP contribution in [-0.4, -0.2) is 27.7 Å². The summed E-state index contributed by atoms with van der Waals surface area (Å²) in [5.74, 6) is 0.858. The third-order valence-electron chi connectivity index (χ3n) is 6.25. The number of rotatable bonds is 5. The molecular formula is C22H30N4O3. The van der Waals surface area contributed by atoms with Crippen molar-refractivity contribution in [2.75, 3.05) is 18.5 Å². The number of hydrogen-bond donors (Lipinski definition) is 2. The van der Waals surface area contributed by atoms with Gasteiger partial charge in [-0.1, -0.05) is 43.5 Å². The van der Waals surface area contributed by atoms with E-state index >= 15 is 0 Å². The van der Waals surface area contributed by atoms with Crippen molar-refractivity contribution < 1.29 is 4.74 Å². The van der Waals surface area contributed by atoms with Gasteiger partial charge in [-0.15, -0.1) is 0 Å². The smallest absolute Gasteiger partial charge is 0.355 e. The summed E-state index contributed by atoms with van der Waals surface area (Å²) in [6.07, 6.45) is 7.76. The van der Waals surface area contributed by atoms with Crippen LogP contribution in [0.4, 0.5) is 5.95 Å². The third-order valence-corrected chi connectivity index (χ3v) is 6.25. The van der Waals surface area contributed by atoms with Crippen molar-refractivity contribution in [1.29, 1.82) is 0 Å². The zero-order chi connectivity index (χ0) is 20.2. The largest absolute Gasteiger partial charge is 0.381 e. The van der Waals surface area contributed by atoms with Crippen LogP contribution in [0, 0.1) is 0 Å². The Morgan fingerprint density at radius 3 is 2.62 bits per heavy atom. The van der Waals surface area contributed by atoms with Gasteiger partial charge < -0.3 is 10.1 Å². The number of nitrogens with zero attached hydrogens (tertiary/aromatic N) is 2. The maximum atomic E-state index is 12.5. The first-order valence-electron chi connectivity index (χ1n) is 10.8. The lowest BCUT2D eigenvalue weighted by Crippen LogP contribution is -2.42. The van der Waals surface area contributed by atoms with Crippen LogP contribution in [0.3, 0.4) is 0 Å². The van der Waals surface area contributed by atoms with Crippen LogP contribution in [0.5, 0.6) is 0 Å². The van der Waals surface area contributed by atoms with E-state index in [1.807, 2.05) is 6.92 Å². The predicted octanol–water partition coefficient (Wildman–Crippen LogP) is 3.50. The van der Waals surface area contributed by atoms with Gasteiger partial charge in [-0.25, -0.2) is 14.2 Å². The van der Waals surface area contributed by atoms with Crippen molar-refractivity contribution in [3.63, 3.8) is 0 Å². The zero-order valence-electron chi connectivity index (χ0n) is 17.0. The minimum atomic E-state index is -0.508. The Labute approximate surface area is 170 Å². The lowest BCUT2D eigenvalue weighted by atomic mass is 9.83. The molecule has 4 rings (SSSR count).